The molecule has 0 aromatic rings. The normalized spacial score (nSPS) is 13.0. The van der Waals surface area contributed by atoms with E-state index in [9.17, 15) is 9.36 Å². The molecule has 0 aromatic heterocycles. The van der Waals surface area contributed by atoms with Crippen LogP contribution in [0.3, 0.4) is 0 Å². The van der Waals surface area contributed by atoms with Crippen molar-refractivity contribution in [2.45, 2.75) is 52.7 Å². The fraction of sp³-hybridized carbons (Fsp3) is 0.923. The van der Waals surface area contributed by atoms with Crippen molar-refractivity contribution in [1.82, 2.24) is 10.6 Å². The van der Waals surface area contributed by atoms with Crippen LogP contribution in [0.25, 0.3) is 0 Å². The van der Waals surface area contributed by atoms with Crippen molar-refractivity contribution < 1.29 is 27.7 Å². The molecule has 22 heavy (non-hydrogen) atoms. The first-order valence-electron chi connectivity index (χ1n) is 7.08. The third-order valence-electron chi connectivity index (χ3n) is 1.82. The van der Waals surface area contributed by atoms with Crippen LogP contribution in [0.1, 0.15) is 41.5 Å². The van der Waals surface area contributed by atoms with E-state index in [0.29, 0.717) is 13.1 Å². The Kier molecular flexibility index (Phi) is 8.57. The molecule has 0 atom stereocenters. The second kappa shape index (κ2) is 8.84. The van der Waals surface area contributed by atoms with E-state index in [1.54, 1.807) is 48.6 Å². The van der Waals surface area contributed by atoms with Gasteiger partial charge < -0.3 is 15.4 Å². The molecule has 0 spiro atoms. The van der Waals surface area contributed by atoms with Crippen LogP contribution in [-0.4, -0.2) is 44.2 Å². The number of hydrogen-bond acceptors (Lipinski definition) is 7. The van der Waals surface area contributed by atoms with Crippen LogP contribution < -0.4 is 10.6 Å². The number of hydrogen-bond donors (Lipinski definition) is 2. The molecule has 9 heteroatoms. The lowest BCUT2D eigenvalue weighted by atomic mass is 10.2. The fourth-order valence-corrected chi connectivity index (χ4v) is 2.89. The van der Waals surface area contributed by atoms with Crippen LogP contribution in [0.15, 0.2) is 0 Å². The number of alkyl carbamates (subject to hydrolysis) is 1. The molecule has 0 aliphatic heterocycles. The summed E-state index contributed by atoms with van der Waals surface area (Å²) in [6.45, 7) is 10.8. The van der Waals surface area contributed by atoms with Gasteiger partial charge in [-0.05, 0) is 48.6 Å². The highest BCUT2D eigenvalue weighted by Crippen LogP contribution is 2.55. The van der Waals surface area contributed by atoms with E-state index in [1.165, 1.54) is 0 Å². The lowest BCUT2D eigenvalue weighted by Gasteiger charge is -2.30. The van der Waals surface area contributed by atoms with E-state index < -0.39 is 31.9 Å². The number of likely N-dealkylation sites (N-methyl/N-ethyl adjacent to an activating group) is 1. The maximum atomic E-state index is 12.6. The molecule has 1 amide bonds. The molecule has 0 bridgehead atoms. The van der Waals surface area contributed by atoms with E-state index in [-0.39, 0.29) is 0 Å². The molecule has 2 N–H and O–H groups in total. The summed E-state index contributed by atoms with van der Waals surface area (Å²) in [5, 5.41) is 5.36. The molecule has 0 fully saturated rings. The van der Waals surface area contributed by atoms with Gasteiger partial charge in [0.15, 0.2) is 0 Å². The van der Waals surface area contributed by atoms with E-state index in [2.05, 4.69) is 10.6 Å². The van der Waals surface area contributed by atoms with Gasteiger partial charge >= 0.3 is 13.9 Å². The smallest absolute Gasteiger partial charge is 0.422 e. The zero-order valence-electron chi connectivity index (χ0n) is 14.5. The minimum atomic E-state index is -3.87. The SMILES string of the molecule is CNCCNC(=O)OCOP(=O)(OC(C)(C)C)OC(C)(C)C. The lowest BCUT2D eigenvalue weighted by Crippen LogP contribution is -2.31. The number of carbonyl (C=O) groups excluding carboxylic acids is 1. The Morgan fingerprint density at radius 3 is 1.91 bits per heavy atom. The van der Waals surface area contributed by atoms with Gasteiger partial charge in [0.1, 0.15) is 0 Å². The molecule has 0 aromatic carbocycles. The van der Waals surface area contributed by atoms with Gasteiger partial charge in [0, 0.05) is 13.1 Å². The largest absolute Gasteiger partial charge is 0.478 e. The number of nitrogens with one attached hydrogen (secondary N) is 2. The Labute approximate surface area is 132 Å². The summed E-state index contributed by atoms with van der Waals surface area (Å²) < 4.78 is 33.2. The fourth-order valence-electron chi connectivity index (χ4n) is 1.23. The van der Waals surface area contributed by atoms with Crippen molar-refractivity contribution in [3.05, 3.63) is 0 Å². The number of phosphoric acid groups is 1. The van der Waals surface area contributed by atoms with E-state index in [1.807, 2.05) is 0 Å². The maximum absolute atomic E-state index is 12.6. The monoisotopic (exact) mass is 340 g/mol. The summed E-state index contributed by atoms with van der Waals surface area (Å²) in [7, 11) is -2.10. The molecular formula is C13H29N2O6P. The molecule has 0 unspecified atom stereocenters. The number of rotatable bonds is 8. The van der Waals surface area contributed by atoms with Crippen LogP contribution in [-0.2, 0) is 22.9 Å². The van der Waals surface area contributed by atoms with E-state index in [4.69, 9.17) is 18.3 Å². The van der Waals surface area contributed by atoms with Gasteiger partial charge in [-0.2, -0.15) is 0 Å². The Balaban J connectivity index is 4.48. The molecule has 8 nitrogen and oxygen atoms in total. The lowest BCUT2D eigenvalue weighted by molar-refractivity contribution is -0.0285. The molecular weight excluding hydrogens is 311 g/mol. The molecule has 0 aliphatic rings. The van der Waals surface area contributed by atoms with Crippen molar-refractivity contribution in [2.75, 3.05) is 26.9 Å². The number of phosphoric ester groups is 1. The summed E-state index contributed by atoms with van der Waals surface area (Å²) in [4.78, 5) is 11.4. The second-order valence-corrected chi connectivity index (χ2v) is 8.08. The quantitative estimate of drug-likeness (QED) is 0.398. The Morgan fingerprint density at radius 1 is 1.00 bits per heavy atom. The van der Waals surface area contributed by atoms with Gasteiger partial charge in [0.2, 0.25) is 6.79 Å². The van der Waals surface area contributed by atoms with Crippen LogP contribution in [0.2, 0.25) is 0 Å². The Morgan fingerprint density at radius 2 is 1.50 bits per heavy atom. The first-order chi connectivity index (χ1) is 9.87. The molecule has 0 heterocycles. The molecule has 132 valence electrons. The highest BCUT2D eigenvalue weighted by Gasteiger charge is 2.37. The van der Waals surface area contributed by atoms with Crippen LogP contribution in [0.4, 0.5) is 4.79 Å². The van der Waals surface area contributed by atoms with Crippen LogP contribution in [0, 0.1) is 0 Å². The van der Waals surface area contributed by atoms with Crippen LogP contribution >= 0.6 is 7.82 Å². The minimum Gasteiger partial charge on any atom is -0.422 e. The zero-order chi connectivity index (χ0) is 17.4. The average molecular weight is 340 g/mol. The van der Waals surface area contributed by atoms with Crippen LogP contribution in [0.5, 0.6) is 0 Å². The van der Waals surface area contributed by atoms with E-state index >= 15 is 0 Å². The van der Waals surface area contributed by atoms with Gasteiger partial charge in [-0.15, -0.1) is 0 Å². The average Bonchev–Trinajstić information content (AvgIpc) is 2.23. The molecule has 0 rings (SSSR count). The molecule has 0 radical (unpaired) electrons. The standard InChI is InChI=1S/C13H29N2O6P/c1-12(2,3)20-22(17,21-13(4,5)6)19-10-18-11(16)15-9-8-14-7/h14H,8-10H2,1-7H3,(H,15,16). The number of carbonyl (C=O) groups is 1. The molecule has 0 saturated carbocycles. The highest BCUT2D eigenvalue weighted by atomic mass is 31.2. The Hall–Kier alpha value is -0.660. The Bertz CT molecular complexity index is 369. The first-order valence-corrected chi connectivity index (χ1v) is 8.54. The van der Waals surface area contributed by atoms with Gasteiger partial charge in [0.05, 0.1) is 11.2 Å². The molecule has 0 aliphatic carbocycles. The third kappa shape index (κ3) is 11.9. The zero-order valence-corrected chi connectivity index (χ0v) is 15.4. The van der Waals surface area contributed by atoms with Crippen molar-refractivity contribution in [2.24, 2.45) is 0 Å². The van der Waals surface area contributed by atoms with Crippen molar-refractivity contribution in [3.63, 3.8) is 0 Å². The summed E-state index contributed by atoms with van der Waals surface area (Å²) in [5.74, 6) is 0. The van der Waals surface area contributed by atoms with Gasteiger partial charge in [-0.25, -0.2) is 13.9 Å². The summed E-state index contributed by atoms with van der Waals surface area (Å²) in [5.41, 5.74) is -1.48. The highest BCUT2D eigenvalue weighted by molar-refractivity contribution is 7.48. The van der Waals surface area contributed by atoms with Crippen molar-refractivity contribution in [3.8, 4) is 0 Å². The van der Waals surface area contributed by atoms with Gasteiger partial charge in [-0.3, -0.25) is 9.05 Å². The minimum absolute atomic E-state index is 0.407. The van der Waals surface area contributed by atoms with Gasteiger partial charge in [-0.1, -0.05) is 0 Å². The number of amides is 1. The number of ether oxygens (including phenoxy) is 1. The van der Waals surface area contributed by atoms with Crippen molar-refractivity contribution in [1.29, 1.82) is 0 Å². The maximum Gasteiger partial charge on any atom is 0.478 e. The predicted octanol–water partition coefficient (Wildman–Crippen LogP) is 2.64. The van der Waals surface area contributed by atoms with Gasteiger partial charge in [0.25, 0.3) is 0 Å². The molecule has 0 saturated heterocycles. The third-order valence-corrected chi connectivity index (χ3v) is 3.78. The summed E-state index contributed by atoms with van der Waals surface area (Å²) >= 11 is 0. The summed E-state index contributed by atoms with van der Waals surface area (Å²) in [6.07, 6.45) is -0.673. The first kappa shape index (κ1) is 21.3. The second-order valence-electron chi connectivity index (χ2n) is 6.56. The van der Waals surface area contributed by atoms with Crippen molar-refractivity contribution >= 4 is 13.9 Å². The topological polar surface area (TPSA) is 95.1 Å². The summed E-state index contributed by atoms with van der Waals surface area (Å²) in [6, 6.07) is 0. The predicted molar refractivity (Wildman–Crippen MR) is 83.6 cm³/mol. The van der Waals surface area contributed by atoms with E-state index in [0.717, 1.165) is 0 Å².